The Morgan fingerprint density at radius 2 is 1.84 bits per heavy atom. The molecule has 2 rings (SSSR count). The third kappa shape index (κ3) is 3.24. The summed E-state index contributed by atoms with van der Waals surface area (Å²) in [5.41, 5.74) is 2.10. The van der Waals surface area contributed by atoms with E-state index in [2.05, 4.69) is 5.32 Å². The number of benzene rings is 2. The van der Waals surface area contributed by atoms with E-state index in [1.54, 1.807) is 18.2 Å². The van der Waals surface area contributed by atoms with Crippen molar-refractivity contribution < 1.29 is 8.78 Å². The highest BCUT2D eigenvalue weighted by atomic mass is 35.5. The van der Waals surface area contributed by atoms with E-state index < -0.39 is 0 Å². The van der Waals surface area contributed by atoms with Crippen LogP contribution in [0.3, 0.4) is 0 Å². The monoisotopic (exact) mass is 281 g/mol. The Kier molecular flexibility index (Phi) is 4.05. The fraction of sp³-hybridized carbons (Fsp3) is 0.200. The van der Waals surface area contributed by atoms with E-state index in [0.29, 0.717) is 10.7 Å². The molecule has 0 fully saturated rings. The first-order valence-corrected chi connectivity index (χ1v) is 6.33. The second-order valence-electron chi connectivity index (χ2n) is 4.52. The van der Waals surface area contributed by atoms with Gasteiger partial charge >= 0.3 is 0 Å². The summed E-state index contributed by atoms with van der Waals surface area (Å²) < 4.78 is 26.6. The maximum absolute atomic E-state index is 13.7. The van der Waals surface area contributed by atoms with Crippen LogP contribution in [0.4, 0.5) is 14.5 Å². The van der Waals surface area contributed by atoms with Crippen LogP contribution >= 0.6 is 11.6 Å². The van der Waals surface area contributed by atoms with Gasteiger partial charge in [0.1, 0.15) is 11.6 Å². The summed E-state index contributed by atoms with van der Waals surface area (Å²) in [6.45, 7) is 3.74. The third-order valence-corrected chi connectivity index (χ3v) is 3.25. The Hall–Kier alpha value is -1.61. The molecule has 100 valence electrons. The average molecular weight is 282 g/mol. The molecule has 19 heavy (non-hydrogen) atoms. The molecule has 2 aromatic rings. The number of nitrogens with one attached hydrogen (secondary N) is 1. The number of rotatable bonds is 3. The maximum Gasteiger partial charge on any atom is 0.146 e. The molecule has 0 saturated carbocycles. The smallest absolute Gasteiger partial charge is 0.146 e. The Labute approximate surface area is 116 Å². The molecule has 0 aliphatic rings. The molecule has 0 radical (unpaired) electrons. The lowest BCUT2D eigenvalue weighted by Gasteiger charge is -2.18. The molecule has 1 nitrogen and oxygen atoms in total. The van der Waals surface area contributed by atoms with Crippen LogP contribution in [0.5, 0.6) is 0 Å². The number of hydrogen-bond acceptors (Lipinski definition) is 1. The lowest BCUT2D eigenvalue weighted by molar-refractivity contribution is 0.623. The number of aryl methyl sites for hydroxylation is 1. The SMILES string of the molecule is Cc1ccc(F)c(NC(C)c2ccc(F)cc2Cl)c1. The summed E-state index contributed by atoms with van der Waals surface area (Å²) in [7, 11) is 0. The first-order valence-electron chi connectivity index (χ1n) is 5.95. The van der Waals surface area contributed by atoms with Gasteiger partial charge in [-0.3, -0.25) is 0 Å². The van der Waals surface area contributed by atoms with Crippen molar-refractivity contribution in [1.29, 1.82) is 0 Å². The first kappa shape index (κ1) is 13.8. The second kappa shape index (κ2) is 5.57. The lowest BCUT2D eigenvalue weighted by Crippen LogP contribution is -2.09. The number of anilines is 1. The molecule has 4 heteroatoms. The Morgan fingerprint density at radius 3 is 2.53 bits per heavy atom. The maximum atomic E-state index is 13.7. The zero-order chi connectivity index (χ0) is 14.0. The van der Waals surface area contributed by atoms with Crippen molar-refractivity contribution in [3.8, 4) is 0 Å². The van der Waals surface area contributed by atoms with Gasteiger partial charge < -0.3 is 5.32 Å². The van der Waals surface area contributed by atoms with E-state index in [4.69, 9.17) is 11.6 Å². The molecule has 0 saturated heterocycles. The lowest BCUT2D eigenvalue weighted by atomic mass is 10.1. The predicted molar refractivity (Wildman–Crippen MR) is 74.6 cm³/mol. The molecule has 1 unspecified atom stereocenters. The molecule has 0 amide bonds. The summed E-state index contributed by atoms with van der Waals surface area (Å²) in [6, 6.07) is 8.82. The van der Waals surface area contributed by atoms with Crippen LogP contribution in [-0.4, -0.2) is 0 Å². The second-order valence-corrected chi connectivity index (χ2v) is 4.92. The first-order chi connectivity index (χ1) is 8.97. The number of hydrogen-bond donors (Lipinski definition) is 1. The third-order valence-electron chi connectivity index (χ3n) is 2.92. The van der Waals surface area contributed by atoms with Gasteiger partial charge in [0, 0.05) is 5.02 Å². The molecule has 1 N–H and O–H groups in total. The van der Waals surface area contributed by atoms with Crippen LogP contribution in [0.2, 0.25) is 5.02 Å². The topological polar surface area (TPSA) is 12.0 Å². The van der Waals surface area contributed by atoms with Gasteiger partial charge in [-0.05, 0) is 49.2 Å². The standard InChI is InChI=1S/C15H14ClF2N/c1-9-3-6-14(18)15(7-9)19-10(2)12-5-4-11(17)8-13(12)16/h3-8,10,19H,1-2H3. The van der Waals surface area contributed by atoms with Gasteiger partial charge in [-0.25, -0.2) is 8.78 Å². The van der Waals surface area contributed by atoms with Crippen LogP contribution < -0.4 is 5.32 Å². The molecular formula is C15H14ClF2N. The molecule has 2 aromatic carbocycles. The van der Waals surface area contributed by atoms with Crippen LogP contribution in [0.25, 0.3) is 0 Å². The predicted octanol–water partition coefficient (Wildman–Crippen LogP) is 5.10. The highest BCUT2D eigenvalue weighted by molar-refractivity contribution is 6.31. The van der Waals surface area contributed by atoms with Crippen LogP contribution in [0.15, 0.2) is 36.4 Å². The molecular weight excluding hydrogens is 268 g/mol. The van der Waals surface area contributed by atoms with E-state index in [9.17, 15) is 8.78 Å². The van der Waals surface area contributed by atoms with Gasteiger partial charge in [0.25, 0.3) is 0 Å². The van der Waals surface area contributed by atoms with Crippen LogP contribution in [-0.2, 0) is 0 Å². The zero-order valence-electron chi connectivity index (χ0n) is 10.7. The van der Waals surface area contributed by atoms with Crippen molar-refractivity contribution in [3.05, 3.63) is 64.2 Å². The van der Waals surface area contributed by atoms with E-state index in [1.165, 1.54) is 18.2 Å². The van der Waals surface area contributed by atoms with E-state index in [-0.39, 0.29) is 17.7 Å². The minimum atomic E-state index is -0.386. The highest BCUT2D eigenvalue weighted by Crippen LogP contribution is 2.28. The quantitative estimate of drug-likeness (QED) is 0.825. The van der Waals surface area contributed by atoms with Crippen molar-refractivity contribution in [2.24, 2.45) is 0 Å². The van der Waals surface area contributed by atoms with Gasteiger partial charge in [0.15, 0.2) is 0 Å². The van der Waals surface area contributed by atoms with E-state index in [0.717, 1.165) is 11.1 Å². The van der Waals surface area contributed by atoms with E-state index in [1.807, 2.05) is 13.8 Å². The fourth-order valence-corrected chi connectivity index (χ4v) is 2.24. The van der Waals surface area contributed by atoms with Crippen molar-refractivity contribution >= 4 is 17.3 Å². The molecule has 0 bridgehead atoms. The molecule has 0 aliphatic carbocycles. The minimum absolute atomic E-state index is 0.218. The van der Waals surface area contributed by atoms with Crippen LogP contribution in [0, 0.1) is 18.6 Å². The summed E-state index contributed by atoms with van der Waals surface area (Å²) >= 11 is 5.99. The van der Waals surface area contributed by atoms with Crippen molar-refractivity contribution in [2.75, 3.05) is 5.32 Å². The molecule has 1 atom stereocenters. The summed E-state index contributed by atoms with van der Waals surface area (Å²) in [4.78, 5) is 0. The Balaban J connectivity index is 2.25. The molecule has 0 spiro atoms. The molecule has 0 aliphatic heterocycles. The fourth-order valence-electron chi connectivity index (χ4n) is 1.91. The normalized spacial score (nSPS) is 12.3. The Bertz CT molecular complexity index is 599. The van der Waals surface area contributed by atoms with Gasteiger partial charge in [0.2, 0.25) is 0 Å². The van der Waals surface area contributed by atoms with Gasteiger partial charge in [-0.2, -0.15) is 0 Å². The van der Waals surface area contributed by atoms with Crippen molar-refractivity contribution in [1.82, 2.24) is 0 Å². The van der Waals surface area contributed by atoms with Crippen LogP contribution in [0.1, 0.15) is 24.1 Å². The summed E-state index contributed by atoms with van der Waals surface area (Å²) in [6.07, 6.45) is 0. The summed E-state index contributed by atoms with van der Waals surface area (Å²) in [5.74, 6) is -0.710. The largest absolute Gasteiger partial charge is 0.376 e. The Morgan fingerprint density at radius 1 is 1.11 bits per heavy atom. The molecule has 0 heterocycles. The summed E-state index contributed by atoms with van der Waals surface area (Å²) in [5, 5.41) is 3.37. The van der Waals surface area contributed by atoms with Crippen molar-refractivity contribution in [2.45, 2.75) is 19.9 Å². The van der Waals surface area contributed by atoms with E-state index >= 15 is 0 Å². The highest BCUT2D eigenvalue weighted by Gasteiger charge is 2.12. The van der Waals surface area contributed by atoms with Gasteiger partial charge in [0.05, 0.1) is 11.7 Å². The zero-order valence-corrected chi connectivity index (χ0v) is 11.4. The number of halogens is 3. The van der Waals surface area contributed by atoms with Gasteiger partial charge in [-0.1, -0.05) is 23.7 Å². The van der Waals surface area contributed by atoms with Crippen molar-refractivity contribution in [3.63, 3.8) is 0 Å². The average Bonchev–Trinajstić information content (AvgIpc) is 2.33. The minimum Gasteiger partial charge on any atom is -0.376 e. The molecule has 0 aromatic heterocycles. The van der Waals surface area contributed by atoms with Gasteiger partial charge in [-0.15, -0.1) is 0 Å².